The van der Waals surface area contributed by atoms with Crippen LogP contribution in [-0.4, -0.2) is 48.3 Å². The van der Waals surface area contributed by atoms with Crippen LogP contribution in [0.15, 0.2) is 23.0 Å². The van der Waals surface area contributed by atoms with Crippen LogP contribution in [0.4, 0.5) is 0 Å². The van der Waals surface area contributed by atoms with Crippen LogP contribution in [0.2, 0.25) is 0 Å². The molecular weight excluding hydrogens is 416 g/mol. The molecule has 3 aromatic rings. The fraction of sp³-hybridized carbons (Fsp3) is 0.600. The number of rotatable bonds is 10. The summed E-state index contributed by atoms with van der Waals surface area (Å²) in [5.74, 6) is 0.880. The molecule has 0 spiro atoms. The number of pyridine rings is 1. The van der Waals surface area contributed by atoms with Crippen molar-refractivity contribution in [1.29, 1.82) is 0 Å². The first kappa shape index (κ1) is 23.6. The molecule has 1 saturated carbocycles. The second-order valence-electron chi connectivity index (χ2n) is 9.42. The van der Waals surface area contributed by atoms with Crippen molar-refractivity contribution in [3.63, 3.8) is 0 Å². The van der Waals surface area contributed by atoms with Gasteiger partial charge in [-0.25, -0.2) is 4.68 Å². The summed E-state index contributed by atoms with van der Waals surface area (Å²) in [4.78, 5) is 18.3. The van der Waals surface area contributed by atoms with Gasteiger partial charge >= 0.3 is 0 Å². The van der Waals surface area contributed by atoms with Crippen LogP contribution < -0.4 is 5.56 Å². The predicted octanol–water partition coefficient (Wildman–Crippen LogP) is 3.97. The lowest BCUT2D eigenvalue weighted by Crippen LogP contribution is -2.34. The van der Waals surface area contributed by atoms with Crippen LogP contribution in [-0.2, 0) is 6.54 Å². The van der Waals surface area contributed by atoms with Crippen molar-refractivity contribution in [2.45, 2.75) is 84.3 Å². The minimum Gasteiger partial charge on any atom is -0.396 e. The Morgan fingerprint density at radius 2 is 1.97 bits per heavy atom. The van der Waals surface area contributed by atoms with Crippen molar-refractivity contribution < 1.29 is 5.11 Å². The van der Waals surface area contributed by atoms with Gasteiger partial charge in [-0.05, 0) is 84.7 Å². The molecule has 0 amide bonds. The number of fused-ring (bicyclic) bond motifs is 1. The van der Waals surface area contributed by atoms with Gasteiger partial charge in [0.1, 0.15) is 0 Å². The summed E-state index contributed by atoms with van der Waals surface area (Å²) in [6.07, 6.45) is 7.14. The van der Waals surface area contributed by atoms with Crippen LogP contribution in [0.3, 0.4) is 0 Å². The Bertz CT molecular complexity index is 1130. The summed E-state index contributed by atoms with van der Waals surface area (Å²) in [5, 5.41) is 23.5. The number of hydrogen-bond donors (Lipinski definition) is 2. The third-order valence-corrected chi connectivity index (χ3v) is 7.00. The average molecular weight is 453 g/mol. The molecule has 4 rings (SSSR count). The largest absolute Gasteiger partial charge is 0.396 e. The number of tetrazole rings is 1. The van der Waals surface area contributed by atoms with Gasteiger partial charge in [0.05, 0.1) is 12.1 Å². The number of nitrogens with zero attached hydrogens (tertiary/aromatic N) is 5. The number of H-pyrrole nitrogens is 1. The van der Waals surface area contributed by atoms with E-state index in [1.165, 1.54) is 18.4 Å². The highest BCUT2D eigenvalue weighted by atomic mass is 16.3. The Morgan fingerprint density at radius 1 is 1.21 bits per heavy atom. The third-order valence-electron chi connectivity index (χ3n) is 7.00. The van der Waals surface area contributed by atoms with Crippen LogP contribution >= 0.6 is 0 Å². The van der Waals surface area contributed by atoms with Crippen molar-refractivity contribution in [3.8, 4) is 0 Å². The van der Waals surface area contributed by atoms with Gasteiger partial charge in [-0.3, -0.25) is 9.69 Å². The molecule has 1 aliphatic rings. The van der Waals surface area contributed by atoms with E-state index in [1.807, 2.05) is 16.8 Å². The van der Waals surface area contributed by atoms with Crippen LogP contribution in [0, 0.1) is 13.8 Å². The second kappa shape index (κ2) is 10.6. The number of aliphatic hydroxyl groups excluding tert-OH is 1. The first-order valence-electron chi connectivity index (χ1n) is 12.3. The lowest BCUT2D eigenvalue weighted by Gasteiger charge is -2.31. The molecule has 178 valence electrons. The third kappa shape index (κ3) is 5.17. The number of nitrogens with one attached hydrogen (secondary N) is 1. The molecule has 0 unspecified atom stereocenters. The molecule has 1 atom stereocenters. The average Bonchev–Trinajstić information content (AvgIpc) is 3.48. The lowest BCUT2D eigenvalue weighted by atomic mass is 10.0. The molecule has 8 heteroatoms. The van der Waals surface area contributed by atoms with Crippen LogP contribution in [0.1, 0.15) is 86.5 Å². The first-order valence-corrected chi connectivity index (χ1v) is 12.3. The maximum atomic E-state index is 13.0. The van der Waals surface area contributed by atoms with Gasteiger partial charge in [-0.2, -0.15) is 0 Å². The zero-order chi connectivity index (χ0) is 23.4. The maximum absolute atomic E-state index is 13.0. The number of aliphatic hydroxyl groups is 1. The number of benzene rings is 1. The Kier molecular flexibility index (Phi) is 7.55. The first-order chi connectivity index (χ1) is 16.0. The van der Waals surface area contributed by atoms with Crippen molar-refractivity contribution >= 4 is 10.9 Å². The van der Waals surface area contributed by atoms with Crippen molar-refractivity contribution in [3.05, 3.63) is 51.1 Å². The molecule has 33 heavy (non-hydrogen) atoms. The fourth-order valence-corrected chi connectivity index (χ4v) is 5.05. The molecule has 0 radical (unpaired) electrons. The van der Waals surface area contributed by atoms with E-state index in [2.05, 4.69) is 52.2 Å². The van der Waals surface area contributed by atoms with Gasteiger partial charge in [-0.15, -0.1) is 5.10 Å². The summed E-state index contributed by atoms with van der Waals surface area (Å²) in [6.45, 7) is 7.57. The van der Waals surface area contributed by atoms with Gasteiger partial charge in [0, 0.05) is 30.8 Å². The highest BCUT2D eigenvalue weighted by molar-refractivity contribution is 5.80. The minimum absolute atomic E-state index is 0.00741. The van der Waals surface area contributed by atoms with Crippen LogP contribution in [0.5, 0.6) is 0 Å². The highest BCUT2D eigenvalue weighted by Gasteiger charge is 2.30. The number of aryl methyl sites for hydroxylation is 2. The molecule has 1 aliphatic carbocycles. The Hall–Kier alpha value is -2.58. The molecule has 2 aromatic heterocycles. The van der Waals surface area contributed by atoms with Gasteiger partial charge in [-0.1, -0.05) is 26.2 Å². The summed E-state index contributed by atoms with van der Waals surface area (Å²) in [6, 6.07) is 6.52. The molecule has 8 nitrogen and oxygen atoms in total. The highest BCUT2D eigenvalue weighted by Crippen LogP contribution is 2.33. The van der Waals surface area contributed by atoms with E-state index in [0.717, 1.165) is 53.5 Å². The van der Waals surface area contributed by atoms with E-state index in [-0.39, 0.29) is 18.2 Å². The summed E-state index contributed by atoms with van der Waals surface area (Å²) >= 11 is 0. The SMILES string of the molecule is CCC[C@@H](c1nnnn1C1CCCC1)N(CCCO)Cc1cc2cc(C)c(C)cc2[nH]c1=O. The van der Waals surface area contributed by atoms with E-state index in [1.54, 1.807) is 0 Å². The number of aromatic nitrogens is 5. The van der Waals surface area contributed by atoms with Gasteiger partial charge in [0.2, 0.25) is 0 Å². The van der Waals surface area contributed by atoms with E-state index in [9.17, 15) is 9.90 Å². The predicted molar refractivity (Wildman–Crippen MR) is 129 cm³/mol. The van der Waals surface area contributed by atoms with Gasteiger partial charge < -0.3 is 10.1 Å². The van der Waals surface area contributed by atoms with E-state index in [4.69, 9.17) is 0 Å². The van der Waals surface area contributed by atoms with Crippen molar-refractivity contribution in [2.75, 3.05) is 13.2 Å². The molecule has 2 N–H and O–H groups in total. The van der Waals surface area contributed by atoms with Crippen molar-refractivity contribution in [2.24, 2.45) is 0 Å². The zero-order valence-electron chi connectivity index (χ0n) is 20.0. The smallest absolute Gasteiger partial charge is 0.252 e. The molecule has 2 heterocycles. The molecule has 0 bridgehead atoms. The topological polar surface area (TPSA) is 99.9 Å². The minimum atomic E-state index is -0.0645. The summed E-state index contributed by atoms with van der Waals surface area (Å²) in [5.41, 5.74) is 3.90. The molecule has 1 aromatic carbocycles. The number of aromatic amines is 1. The van der Waals surface area contributed by atoms with E-state index in [0.29, 0.717) is 25.6 Å². The normalized spacial score (nSPS) is 15.7. The molecule has 0 aliphatic heterocycles. The van der Waals surface area contributed by atoms with Crippen molar-refractivity contribution in [1.82, 2.24) is 30.1 Å². The Balaban J connectivity index is 1.69. The summed E-state index contributed by atoms with van der Waals surface area (Å²) in [7, 11) is 0. The zero-order valence-corrected chi connectivity index (χ0v) is 20.0. The lowest BCUT2D eigenvalue weighted by molar-refractivity contribution is 0.145. The molecule has 0 saturated heterocycles. The summed E-state index contributed by atoms with van der Waals surface area (Å²) < 4.78 is 2.02. The fourth-order valence-electron chi connectivity index (χ4n) is 5.05. The number of hydrogen-bond acceptors (Lipinski definition) is 6. The molecule has 1 fully saturated rings. The molecular formula is C25H36N6O2. The van der Waals surface area contributed by atoms with E-state index < -0.39 is 0 Å². The second-order valence-corrected chi connectivity index (χ2v) is 9.42. The maximum Gasteiger partial charge on any atom is 0.252 e. The standard InChI is InChI=1S/C25H36N6O2/c1-4-8-23(24-27-28-29-31(24)21-9-5-6-10-21)30(11-7-12-32)16-20-15-19-13-17(2)18(3)14-22(19)26-25(20)33/h13-15,21,23,32H,4-12,16H2,1-3H3,(H,26,33)/t23-/m0/s1. The Labute approximate surface area is 195 Å². The quantitative estimate of drug-likeness (QED) is 0.483. The monoisotopic (exact) mass is 452 g/mol. The Morgan fingerprint density at radius 3 is 2.70 bits per heavy atom. The van der Waals surface area contributed by atoms with E-state index >= 15 is 0 Å². The van der Waals surface area contributed by atoms with Gasteiger partial charge in [0.25, 0.3) is 5.56 Å². The van der Waals surface area contributed by atoms with Crippen LogP contribution in [0.25, 0.3) is 10.9 Å². The van der Waals surface area contributed by atoms with Gasteiger partial charge in [0.15, 0.2) is 5.82 Å².